The number of allylic oxidation sites excluding steroid dienone is 2. The maximum Gasteiger partial charge on any atom is 0.0422 e. The van der Waals surface area contributed by atoms with E-state index in [0.717, 1.165) is 11.8 Å². The highest BCUT2D eigenvalue weighted by molar-refractivity contribution is 7.99. The van der Waals surface area contributed by atoms with Crippen molar-refractivity contribution < 1.29 is 0 Å². The third kappa shape index (κ3) is 8.87. The van der Waals surface area contributed by atoms with Crippen molar-refractivity contribution in [2.24, 2.45) is 11.8 Å². The Balaban J connectivity index is 0.000000488. The molecule has 0 unspecified atom stereocenters. The van der Waals surface area contributed by atoms with Crippen LogP contribution in [0.25, 0.3) is 0 Å². The van der Waals surface area contributed by atoms with Crippen molar-refractivity contribution in [3.63, 3.8) is 0 Å². The molecule has 0 aliphatic heterocycles. The smallest absolute Gasteiger partial charge is 0.0422 e. The van der Waals surface area contributed by atoms with Crippen molar-refractivity contribution >= 4 is 17.4 Å². The molecule has 0 heterocycles. The highest BCUT2D eigenvalue weighted by Crippen LogP contribution is 2.34. The van der Waals surface area contributed by atoms with Gasteiger partial charge in [0, 0.05) is 16.3 Å². The number of hydrogen-bond donors (Lipinski definition) is 1. The van der Waals surface area contributed by atoms with E-state index in [0.29, 0.717) is 0 Å². The zero-order valence-electron chi connectivity index (χ0n) is 21.2. The predicted molar refractivity (Wildman–Crippen MR) is 142 cm³/mol. The maximum atomic E-state index is 3.81. The second-order valence-electron chi connectivity index (χ2n) is 9.64. The molecule has 0 saturated heterocycles. The van der Waals surface area contributed by atoms with E-state index in [1.54, 1.807) is 0 Å². The summed E-state index contributed by atoms with van der Waals surface area (Å²) in [7, 11) is 0. The van der Waals surface area contributed by atoms with Crippen LogP contribution in [-0.2, 0) is 6.42 Å². The van der Waals surface area contributed by atoms with Gasteiger partial charge in [0.05, 0.1) is 0 Å². The average Bonchev–Trinajstić information content (AvgIpc) is 2.75. The van der Waals surface area contributed by atoms with Crippen LogP contribution < -0.4 is 5.32 Å². The van der Waals surface area contributed by atoms with Crippen molar-refractivity contribution in [3.8, 4) is 0 Å². The van der Waals surface area contributed by atoms with Crippen LogP contribution in [0.5, 0.6) is 0 Å². The quantitative estimate of drug-likeness (QED) is 0.285. The molecule has 3 rings (SSSR count). The summed E-state index contributed by atoms with van der Waals surface area (Å²) in [5, 5.41) is 3.81. The first-order valence-electron chi connectivity index (χ1n) is 13.3. The van der Waals surface area contributed by atoms with E-state index in [1.807, 2.05) is 11.8 Å². The molecule has 0 aromatic heterocycles. The van der Waals surface area contributed by atoms with Crippen LogP contribution in [0.1, 0.15) is 116 Å². The first-order chi connectivity index (χ1) is 15.1. The SMILES string of the molecule is C/C=C(\Nc1cc(SCCCC)c(CCC)cc1C)C1CCCCC1.CCC1CCC1. The minimum absolute atomic E-state index is 0.727. The number of unbranched alkanes of at least 4 members (excludes halogenated alkanes) is 1. The number of benzene rings is 1. The molecule has 1 aromatic rings. The van der Waals surface area contributed by atoms with Crippen molar-refractivity contribution in [1.29, 1.82) is 0 Å². The molecule has 2 heteroatoms. The molecule has 0 bridgehead atoms. The third-order valence-corrected chi connectivity index (χ3v) is 8.30. The minimum atomic E-state index is 0.727. The number of nitrogens with one attached hydrogen (secondary N) is 1. The van der Waals surface area contributed by atoms with Crippen LogP contribution in [0.15, 0.2) is 28.8 Å². The number of aryl methyl sites for hydroxylation is 2. The topological polar surface area (TPSA) is 12.0 Å². The Morgan fingerprint density at radius 3 is 2.26 bits per heavy atom. The summed E-state index contributed by atoms with van der Waals surface area (Å²) in [4.78, 5) is 1.49. The molecular weight excluding hydrogens is 394 g/mol. The lowest BCUT2D eigenvalue weighted by Gasteiger charge is -2.26. The van der Waals surface area contributed by atoms with Gasteiger partial charge in [-0.25, -0.2) is 0 Å². The van der Waals surface area contributed by atoms with E-state index in [9.17, 15) is 0 Å². The normalized spacial score (nSPS) is 17.6. The molecule has 176 valence electrons. The van der Waals surface area contributed by atoms with E-state index in [1.165, 1.54) is 117 Å². The molecule has 1 N–H and O–H groups in total. The lowest BCUT2D eigenvalue weighted by molar-refractivity contribution is 0.307. The molecule has 2 aliphatic carbocycles. The average molecular weight is 444 g/mol. The van der Waals surface area contributed by atoms with Gasteiger partial charge in [-0.1, -0.05) is 90.7 Å². The summed E-state index contributed by atoms with van der Waals surface area (Å²) in [6.45, 7) is 11.3. The highest BCUT2D eigenvalue weighted by atomic mass is 32.2. The van der Waals surface area contributed by atoms with Crippen LogP contribution in [0.3, 0.4) is 0 Å². The molecule has 31 heavy (non-hydrogen) atoms. The summed E-state index contributed by atoms with van der Waals surface area (Å²) < 4.78 is 0. The molecule has 2 aliphatic rings. The van der Waals surface area contributed by atoms with Crippen molar-refractivity contribution in [2.75, 3.05) is 11.1 Å². The monoisotopic (exact) mass is 443 g/mol. The second kappa shape index (κ2) is 15.0. The summed E-state index contributed by atoms with van der Waals surface area (Å²) in [6.07, 6.45) is 20.1. The number of anilines is 1. The highest BCUT2D eigenvalue weighted by Gasteiger charge is 2.18. The van der Waals surface area contributed by atoms with E-state index < -0.39 is 0 Å². The van der Waals surface area contributed by atoms with Gasteiger partial charge in [-0.05, 0) is 74.3 Å². The minimum Gasteiger partial charge on any atom is -0.359 e. The summed E-state index contributed by atoms with van der Waals surface area (Å²) in [5.41, 5.74) is 5.68. The largest absolute Gasteiger partial charge is 0.359 e. The molecule has 0 amide bonds. The molecule has 0 spiro atoms. The van der Waals surface area contributed by atoms with Crippen LogP contribution in [0, 0.1) is 18.8 Å². The fourth-order valence-corrected chi connectivity index (χ4v) is 5.89. The Labute approximate surface area is 198 Å². The molecule has 0 radical (unpaired) electrons. The fraction of sp³-hybridized carbons (Fsp3) is 0.724. The van der Waals surface area contributed by atoms with Gasteiger partial charge < -0.3 is 5.32 Å². The second-order valence-corrected chi connectivity index (χ2v) is 10.8. The van der Waals surface area contributed by atoms with Crippen LogP contribution >= 0.6 is 11.8 Å². The van der Waals surface area contributed by atoms with Crippen LogP contribution in [0.4, 0.5) is 5.69 Å². The van der Waals surface area contributed by atoms with Gasteiger partial charge in [0.1, 0.15) is 0 Å². The van der Waals surface area contributed by atoms with Gasteiger partial charge in [0.2, 0.25) is 0 Å². The molecule has 0 atom stereocenters. The van der Waals surface area contributed by atoms with Gasteiger partial charge in [-0.15, -0.1) is 11.8 Å². The molecule has 2 fully saturated rings. The predicted octanol–water partition coefficient (Wildman–Crippen LogP) is 9.93. The van der Waals surface area contributed by atoms with Crippen LogP contribution in [-0.4, -0.2) is 5.75 Å². The lowest BCUT2D eigenvalue weighted by Crippen LogP contribution is -2.15. The van der Waals surface area contributed by atoms with Gasteiger partial charge >= 0.3 is 0 Å². The van der Waals surface area contributed by atoms with Gasteiger partial charge in [0.25, 0.3) is 0 Å². The molecular formula is C29H49NS. The van der Waals surface area contributed by atoms with E-state index >= 15 is 0 Å². The van der Waals surface area contributed by atoms with Gasteiger partial charge in [-0.3, -0.25) is 0 Å². The van der Waals surface area contributed by atoms with Gasteiger partial charge in [-0.2, -0.15) is 0 Å². The summed E-state index contributed by atoms with van der Waals surface area (Å²) in [6, 6.07) is 4.85. The molecule has 2 saturated carbocycles. The lowest BCUT2D eigenvalue weighted by atomic mass is 9.84. The van der Waals surface area contributed by atoms with E-state index in [4.69, 9.17) is 0 Å². The zero-order valence-corrected chi connectivity index (χ0v) is 22.0. The van der Waals surface area contributed by atoms with Crippen LogP contribution in [0.2, 0.25) is 0 Å². The Morgan fingerprint density at radius 2 is 1.74 bits per heavy atom. The Bertz CT molecular complexity index is 650. The Morgan fingerprint density at radius 1 is 1.00 bits per heavy atom. The third-order valence-electron chi connectivity index (χ3n) is 7.12. The van der Waals surface area contributed by atoms with Crippen molar-refractivity contribution in [3.05, 3.63) is 35.0 Å². The maximum absolute atomic E-state index is 3.81. The van der Waals surface area contributed by atoms with E-state index in [-0.39, 0.29) is 0 Å². The number of hydrogen-bond acceptors (Lipinski definition) is 2. The Hall–Kier alpha value is -0.890. The molecule has 1 nitrogen and oxygen atoms in total. The Kier molecular flexibility index (Phi) is 12.8. The zero-order chi connectivity index (χ0) is 22.5. The number of rotatable bonds is 10. The first-order valence-corrected chi connectivity index (χ1v) is 14.3. The first kappa shape index (κ1) is 26.4. The fourth-order valence-electron chi connectivity index (χ4n) is 4.69. The summed E-state index contributed by atoms with van der Waals surface area (Å²) in [5.74, 6) is 3.07. The standard InChI is InChI=1S/C23H37NS.C6H12/c1-5-8-15-25-23-17-22(18(4)16-20(23)12-6-2)24-21(7-3)19-13-10-9-11-14-19;1-2-6-4-3-5-6/h7,16-17,19,24H,5-6,8-15H2,1-4H3;6H,2-5H2,1H3/b21-7-;. The van der Waals surface area contributed by atoms with Crippen molar-refractivity contribution in [2.45, 2.75) is 123 Å². The number of thioether (sulfide) groups is 1. The summed E-state index contributed by atoms with van der Waals surface area (Å²) >= 11 is 2.05. The van der Waals surface area contributed by atoms with E-state index in [2.05, 4.69) is 58.1 Å². The van der Waals surface area contributed by atoms with Crippen molar-refractivity contribution in [1.82, 2.24) is 0 Å². The molecule has 1 aromatic carbocycles. The van der Waals surface area contributed by atoms with Gasteiger partial charge in [0.15, 0.2) is 0 Å².